The standard InChI is InChI=1S/C21H21N3O3/c1-13-5-8-16(9-6-13)24-19(25)12-18(27-4)20(23-24)21(26)22-17-10-7-14(2)11-15(17)3/h5-12H,1-4H3,(H,22,26). The number of nitrogens with one attached hydrogen (secondary N) is 1. The van der Waals surface area contributed by atoms with Crippen LogP contribution in [0.2, 0.25) is 0 Å². The molecule has 0 aliphatic heterocycles. The first kappa shape index (κ1) is 18.4. The summed E-state index contributed by atoms with van der Waals surface area (Å²) in [7, 11) is 1.40. The number of rotatable bonds is 4. The van der Waals surface area contributed by atoms with E-state index in [9.17, 15) is 9.59 Å². The van der Waals surface area contributed by atoms with Crippen molar-refractivity contribution in [1.82, 2.24) is 9.78 Å². The normalized spacial score (nSPS) is 10.5. The van der Waals surface area contributed by atoms with E-state index in [2.05, 4.69) is 10.4 Å². The number of nitrogens with zero attached hydrogens (tertiary/aromatic N) is 2. The fraction of sp³-hybridized carbons (Fsp3) is 0.190. The van der Waals surface area contributed by atoms with E-state index in [-0.39, 0.29) is 17.0 Å². The number of carbonyl (C=O) groups is 1. The highest BCUT2D eigenvalue weighted by Gasteiger charge is 2.19. The molecular weight excluding hydrogens is 342 g/mol. The molecule has 6 heteroatoms. The van der Waals surface area contributed by atoms with E-state index in [1.807, 2.05) is 51.1 Å². The first-order valence-corrected chi connectivity index (χ1v) is 8.53. The number of anilines is 1. The number of aromatic nitrogens is 2. The van der Waals surface area contributed by atoms with Crippen LogP contribution in [-0.2, 0) is 0 Å². The predicted molar refractivity (Wildman–Crippen MR) is 105 cm³/mol. The van der Waals surface area contributed by atoms with Gasteiger partial charge in [0, 0.05) is 5.69 Å². The van der Waals surface area contributed by atoms with Crippen molar-refractivity contribution < 1.29 is 9.53 Å². The lowest BCUT2D eigenvalue weighted by molar-refractivity contribution is 0.101. The minimum absolute atomic E-state index is 0.0395. The molecular formula is C21H21N3O3. The van der Waals surface area contributed by atoms with E-state index in [1.54, 1.807) is 12.1 Å². The number of aryl methyl sites for hydroxylation is 3. The number of carbonyl (C=O) groups excluding carboxylic acids is 1. The van der Waals surface area contributed by atoms with Gasteiger partial charge in [-0.05, 0) is 44.5 Å². The molecule has 27 heavy (non-hydrogen) atoms. The summed E-state index contributed by atoms with van der Waals surface area (Å²) in [6, 6.07) is 14.3. The van der Waals surface area contributed by atoms with Crippen molar-refractivity contribution in [2.75, 3.05) is 12.4 Å². The second-order valence-corrected chi connectivity index (χ2v) is 6.42. The predicted octanol–water partition coefficient (Wildman–Crippen LogP) is 3.42. The molecule has 0 aliphatic rings. The number of amides is 1. The summed E-state index contributed by atoms with van der Waals surface area (Å²) in [4.78, 5) is 25.2. The first-order valence-electron chi connectivity index (χ1n) is 8.53. The maximum atomic E-state index is 12.8. The highest BCUT2D eigenvalue weighted by atomic mass is 16.5. The molecule has 6 nitrogen and oxygen atoms in total. The minimum Gasteiger partial charge on any atom is -0.494 e. The van der Waals surface area contributed by atoms with Gasteiger partial charge in [-0.15, -0.1) is 0 Å². The highest BCUT2D eigenvalue weighted by Crippen LogP contribution is 2.20. The Labute approximate surface area is 157 Å². The number of ether oxygens (including phenoxy) is 1. The molecule has 0 spiro atoms. The third kappa shape index (κ3) is 3.89. The minimum atomic E-state index is -0.445. The van der Waals surface area contributed by atoms with Gasteiger partial charge in [-0.2, -0.15) is 9.78 Å². The van der Waals surface area contributed by atoms with Crippen LogP contribution in [0.15, 0.2) is 53.3 Å². The van der Waals surface area contributed by atoms with Crippen LogP contribution >= 0.6 is 0 Å². The maximum absolute atomic E-state index is 12.8. The Morgan fingerprint density at radius 1 is 1.00 bits per heavy atom. The molecule has 3 rings (SSSR count). The van der Waals surface area contributed by atoms with Crippen molar-refractivity contribution in [3.05, 3.63) is 81.3 Å². The smallest absolute Gasteiger partial charge is 0.280 e. The summed E-state index contributed by atoms with van der Waals surface area (Å²) in [5, 5.41) is 7.09. The first-order chi connectivity index (χ1) is 12.9. The largest absolute Gasteiger partial charge is 0.494 e. The quantitative estimate of drug-likeness (QED) is 0.771. The Bertz CT molecular complexity index is 1050. The molecule has 3 aromatic rings. The fourth-order valence-corrected chi connectivity index (χ4v) is 2.76. The van der Waals surface area contributed by atoms with Crippen LogP contribution in [0.1, 0.15) is 27.2 Å². The van der Waals surface area contributed by atoms with E-state index in [0.29, 0.717) is 11.4 Å². The second-order valence-electron chi connectivity index (χ2n) is 6.42. The molecule has 0 bridgehead atoms. The molecule has 0 radical (unpaired) electrons. The van der Waals surface area contributed by atoms with Crippen LogP contribution in [0.5, 0.6) is 5.75 Å². The van der Waals surface area contributed by atoms with E-state index in [1.165, 1.54) is 17.9 Å². The van der Waals surface area contributed by atoms with Crippen LogP contribution in [0.25, 0.3) is 5.69 Å². The average molecular weight is 363 g/mol. The van der Waals surface area contributed by atoms with Crippen molar-refractivity contribution in [1.29, 1.82) is 0 Å². The maximum Gasteiger partial charge on any atom is 0.280 e. The van der Waals surface area contributed by atoms with Gasteiger partial charge in [0.25, 0.3) is 11.5 Å². The van der Waals surface area contributed by atoms with Gasteiger partial charge in [0.15, 0.2) is 11.4 Å². The van der Waals surface area contributed by atoms with Gasteiger partial charge < -0.3 is 10.1 Å². The SMILES string of the molecule is COc1cc(=O)n(-c2ccc(C)cc2)nc1C(=O)Nc1ccc(C)cc1C. The third-order valence-electron chi connectivity index (χ3n) is 4.24. The Balaban J connectivity index is 2.02. The van der Waals surface area contributed by atoms with Crippen molar-refractivity contribution in [2.45, 2.75) is 20.8 Å². The van der Waals surface area contributed by atoms with E-state index in [0.717, 1.165) is 16.7 Å². The van der Waals surface area contributed by atoms with Gasteiger partial charge in [-0.3, -0.25) is 9.59 Å². The zero-order valence-corrected chi connectivity index (χ0v) is 15.7. The molecule has 0 saturated carbocycles. The van der Waals surface area contributed by atoms with Crippen LogP contribution in [0, 0.1) is 20.8 Å². The van der Waals surface area contributed by atoms with Crippen molar-refractivity contribution in [3.63, 3.8) is 0 Å². The lowest BCUT2D eigenvalue weighted by atomic mass is 10.1. The second kappa shape index (κ2) is 7.45. The number of methoxy groups -OCH3 is 1. The molecule has 0 atom stereocenters. The molecule has 2 aromatic carbocycles. The van der Waals surface area contributed by atoms with Gasteiger partial charge in [-0.1, -0.05) is 35.4 Å². The topological polar surface area (TPSA) is 73.2 Å². The fourth-order valence-electron chi connectivity index (χ4n) is 2.76. The summed E-state index contributed by atoms with van der Waals surface area (Å²) in [6.07, 6.45) is 0. The number of hydrogen-bond donors (Lipinski definition) is 1. The van der Waals surface area contributed by atoms with Crippen LogP contribution in [0.4, 0.5) is 5.69 Å². The average Bonchev–Trinajstić information content (AvgIpc) is 2.64. The Morgan fingerprint density at radius 2 is 1.67 bits per heavy atom. The lowest BCUT2D eigenvalue weighted by Gasteiger charge is -2.13. The van der Waals surface area contributed by atoms with E-state index >= 15 is 0 Å². The van der Waals surface area contributed by atoms with Crippen molar-refractivity contribution in [2.24, 2.45) is 0 Å². The summed E-state index contributed by atoms with van der Waals surface area (Å²) in [5.74, 6) is -0.315. The number of hydrogen-bond acceptors (Lipinski definition) is 4. The van der Waals surface area contributed by atoms with Crippen LogP contribution < -0.4 is 15.6 Å². The van der Waals surface area contributed by atoms with Gasteiger partial charge in [0.2, 0.25) is 0 Å². The molecule has 1 amide bonds. The molecule has 0 unspecified atom stereocenters. The zero-order chi connectivity index (χ0) is 19.6. The van der Waals surface area contributed by atoms with Crippen LogP contribution in [0.3, 0.4) is 0 Å². The summed E-state index contributed by atoms with van der Waals surface area (Å²) in [6.45, 7) is 5.86. The van der Waals surface area contributed by atoms with Gasteiger partial charge in [0.05, 0.1) is 18.9 Å². The van der Waals surface area contributed by atoms with Gasteiger partial charge in [0.1, 0.15) is 0 Å². The molecule has 0 aliphatic carbocycles. The van der Waals surface area contributed by atoms with Crippen molar-refractivity contribution in [3.8, 4) is 11.4 Å². The molecule has 1 heterocycles. The molecule has 1 aromatic heterocycles. The Kier molecular flexibility index (Phi) is 5.07. The Morgan fingerprint density at radius 3 is 2.30 bits per heavy atom. The van der Waals surface area contributed by atoms with Gasteiger partial charge in [-0.25, -0.2) is 0 Å². The number of benzene rings is 2. The van der Waals surface area contributed by atoms with E-state index in [4.69, 9.17) is 4.74 Å². The summed E-state index contributed by atoms with van der Waals surface area (Å²) >= 11 is 0. The summed E-state index contributed by atoms with van der Waals surface area (Å²) in [5.41, 5.74) is 4.03. The molecule has 0 saturated heterocycles. The zero-order valence-electron chi connectivity index (χ0n) is 15.7. The van der Waals surface area contributed by atoms with Gasteiger partial charge >= 0.3 is 0 Å². The highest BCUT2D eigenvalue weighted by molar-refractivity contribution is 6.05. The van der Waals surface area contributed by atoms with E-state index < -0.39 is 5.91 Å². The monoisotopic (exact) mass is 363 g/mol. The summed E-state index contributed by atoms with van der Waals surface area (Å²) < 4.78 is 6.40. The van der Waals surface area contributed by atoms with Crippen LogP contribution in [-0.4, -0.2) is 22.8 Å². The lowest BCUT2D eigenvalue weighted by Crippen LogP contribution is -2.26. The third-order valence-corrected chi connectivity index (χ3v) is 4.24. The van der Waals surface area contributed by atoms with Crippen molar-refractivity contribution >= 4 is 11.6 Å². The Hall–Kier alpha value is -3.41. The molecule has 0 fully saturated rings. The molecule has 1 N–H and O–H groups in total. The molecule has 138 valence electrons.